The van der Waals surface area contributed by atoms with Crippen molar-refractivity contribution in [2.24, 2.45) is 0 Å². The number of anilines is 3. The second kappa shape index (κ2) is 5.25. The highest BCUT2D eigenvalue weighted by Gasteiger charge is 2.17. The number of rotatable bonds is 4. The normalized spacial score (nSPS) is 12.8. The number of carbonyl (C=O) groups is 1. The molecule has 0 aromatic heterocycles. The second-order valence-corrected chi connectivity index (χ2v) is 4.90. The molecule has 20 heavy (non-hydrogen) atoms. The van der Waals surface area contributed by atoms with E-state index in [1.807, 2.05) is 37.4 Å². The molecule has 3 rings (SSSR count). The number of hydrogen-bond acceptors (Lipinski definition) is 3. The lowest BCUT2D eigenvalue weighted by molar-refractivity contribution is -0.115. The van der Waals surface area contributed by atoms with Gasteiger partial charge in [-0.25, -0.2) is 0 Å². The van der Waals surface area contributed by atoms with Gasteiger partial charge in [0, 0.05) is 30.7 Å². The average Bonchev–Trinajstić information content (AvgIpc) is 2.84. The molecule has 0 spiro atoms. The first-order valence-electron chi connectivity index (χ1n) is 6.68. The molecule has 3 N–H and O–H groups in total. The van der Waals surface area contributed by atoms with Crippen LogP contribution in [0.2, 0.25) is 0 Å². The molecule has 4 nitrogen and oxygen atoms in total. The molecule has 1 aliphatic heterocycles. The van der Waals surface area contributed by atoms with E-state index in [-0.39, 0.29) is 5.91 Å². The SMILES string of the molecule is CNc1cccc(CNc2ccc3c(c2)CC(=O)N3)c1. The summed E-state index contributed by atoms with van der Waals surface area (Å²) in [6.07, 6.45) is 0.472. The van der Waals surface area contributed by atoms with Crippen LogP contribution in [0.25, 0.3) is 0 Å². The summed E-state index contributed by atoms with van der Waals surface area (Å²) >= 11 is 0. The van der Waals surface area contributed by atoms with Crippen molar-refractivity contribution >= 4 is 23.0 Å². The van der Waals surface area contributed by atoms with Gasteiger partial charge in [-0.1, -0.05) is 12.1 Å². The van der Waals surface area contributed by atoms with Gasteiger partial charge < -0.3 is 16.0 Å². The largest absolute Gasteiger partial charge is 0.388 e. The van der Waals surface area contributed by atoms with Gasteiger partial charge in [-0.2, -0.15) is 0 Å². The number of amides is 1. The maximum Gasteiger partial charge on any atom is 0.228 e. The molecule has 0 bridgehead atoms. The molecule has 4 heteroatoms. The lowest BCUT2D eigenvalue weighted by Crippen LogP contribution is -2.03. The molecule has 1 amide bonds. The van der Waals surface area contributed by atoms with E-state index in [1.54, 1.807) is 0 Å². The van der Waals surface area contributed by atoms with E-state index in [4.69, 9.17) is 0 Å². The number of nitrogens with one attached hydrogen (secondary N) is 3. The monoisotopic (exact) mass is 267 g/mol. The fourth-order valence-electron chi connectivity index (χ4n) is 2.38. The highest BCUT2D eigenvalue weighted by atomic mass is 16.1. The van der Waals surface area contributed by atoms with Crippen LogP contribution in [-0.2, 0) is 17.8 Å². The minimum absolute atomic E-state index is 0.0684. The standard InChI is InChI=1S/C16H17N3O/c1-17-13-4-2-3-11(7-13)10-18-14-5-6-15-12(8-14)9-16(20)19-15/h2-8,17-18H,9-10H2,1H3,(H,19,20). The highest BCUT2D eigenvalue weighted by Crippen LogP contribution is 2.26. The van der Waals surface area contributed by atoms with Gasteiger partial charge in [-0.3, -0.25) is 4.79 Å². The topological polar surface area (TPSA) is 53.2 Å². The summed E-state index contributed by atoms with van der Waals surface area (Å²) in [5.74, 6) is 0.0684. The second-order valence-electron chi connectivity index (χ2n) is 4.90. The lowest BCUT2D eigenvalue weighted by atomic mass is 10.1. The molecule has 0 saturated carbocycles. The van der Waals surface area contributed by atoms with Crippen molar-refractivity contribution in [1.82, 2.24) is 0 Å². The summed E-state index contributed by atoms with van der Waals surface area (Å²) in [5, 5.41) is 9.36. The molecule has 2 aromatic rings. The van der Waals surface area contributed by atoms with Crippen LogP contribution < -0.4 is 16.0 Å². The molecule has 0 radical (unpaired) electrons. The molecule has 0 unspecified atom stereocenters. The Labute approximate surface area is 118 Å². The van der Waals surface area contributed by atoms with E-state index in [1.165, 1.54) is 5.56 Å². The Bertz CT molecular complexity index is 652. The molecule has 0 aliphatic carbocycles. The zero-order valence-electron chi connectivity index (χ0n) is 11.4. The maximum atomic E-state index is 11.3. The molecule has 1 aliphatic rings. The van der Waals surface area contributed by atoms with Crippen molar-refractivity contribution in [3.05, 3.63) is 53.6 Å². The fraction of sp³-hybridized carbons (Fsp3) is 0.188. The van der Waals surface area contributed by atoms with E-state index in [9.17, 15) is 4.79 Å². The van der Waals surface area contributed by atoms with Crippen molar-refractivity contribution in [3.63, 3.8) is 0 Å². The Kier molecular flexibility index (Phi) is 3.29. The molecule has 0 fully saturated rings. The van der Waals surface area contributed by atoms with E-state index in [0.29, 0.717) is 6.42 Å². The van der Waals surface area contributed by atoms with E-state index in [2.05, 4.69) is 28.1 Å². The van der Waals surface area contributed by atoms with E-state index < -0.39 is 0 Å². The molecular weight excluding hydrogens is 250 g/mol. The van der Waals surface area contributed by atoms with Crippen LogP contribution in [0, 0.1) is 0 Å². The predicted molar refractivity (Wildman–Crippen MR) is 82.1 cm³/mol. The fourth-order valence-corrected chi connectivity index (χ4v) is 2.38. The van der Waals surface area contributed by atoms with E-state index in [0.717, 1.165) is 29.2 Å². The first-order valence-corrected chi connectivity index (χ1v) is 6.68. The summed E-state index contributed by atoms with van der Waals surface area (Å²) < 4.78 is 0. The Morgan fingerprint density at radius 2 is 2.05 bits per heavy atom. The van der Waals surface area contributed by atoms with Crippen molar-refractivity contribution in [1.29, 1.82) is 0 Å². The molecule has 102 valence electrons. The average molecular weight is 267 g/mol. The van der Waals surface area contributed by atoms with Gasteiger partial charge >= 0.3 is 0 Å². The maximum absolute atomic E-state index is 11.3. The van der Waals surface area contributed by atoms with Gasteiger partial charge in [0.25, 0.3) is 0 Å². The third-order valence-electron chi connectivity index (χ3n) is 3.44. The number of hydrogen-bond donors (Lipinski definition) is 3. The van der Waals surface area contributed by atoms with Crippen molar-refractivity contribution < 1.29 is 4.79 Å². The molecular formula is C16H17N3O. The Morgan fingerprint density at radius 3 is 2.90 bits per heavy atom. The van der Waals surface area contributed by atoms with Gasteiger partial charge in [0.1, 0.15) is 0 Å². The number of fused-ring (bicyclic) bond motifs is 1. The van der Waals surface area contributed by atoms with E-state index >= 15 is 0 Å². The minimum atomic E-state index is 0.0684. The van der Waals surface area contributed by atoms with Crippen molar-refractivity contribution in [3.8, 4) is 0 Å². The molecule has 2 aromatic carbocycles. The van der Waals surface area contributed by atoms with Crippen LogP contribution >= 0.6 is 0 Å². The highest BCUT2D eigenvalue weighted by molar-refractivity contribution is 5.99. The van der Waals surface area contributed by atoms with Crippen LogP contribution in [0.3, 0.4) is 0 Å². The third-order valence-corrected chi connectivity index (χ3v) is 3.44. The summed E-state index contributed by atoms with van der Waals surface area (Å²) in [5.41, 5.74) is 5.34. The zero-order chi connectivity index (χ0) is 13.9. The summed E-state index contributed by atoms with van der Waals surface area (Å²) in [4.78, 5) is 11.3. The molecule has 1 heterocycles. The van der Waals surface area contributed by atoms with Gasteiger partial charge in [0.15, 0.2) is 0 Å². The van der Waals surface area contributed by atoms with Crippen LogP contribution in [0.1, 0.15) is 11.1 Å². The van der Waals surface area contributed by atoms with Crippen LogP contribution in [0.15, 0.2) is 42.5 Å². The van der Waals surface area contributed by atoms with Gasteiger partial charge in [-0.15, -0.1) is 0 Å². The first-order chi connectivity index (χ1) is 9.74. The Balaban J connectivity index is 1.69. The van der Waals surface area contributed by atoms with Gasteiger partial charge in [0.05, 0.1) is 6.42 Å². The quantitative estimate of drug-likeness (QED) is 0.798. The van der Waals surface area contributed by atoms with Crippen LogP contribution in [-0.4, -0.2) is 13.0 Å². The predicted octanol–water partition coefficient (Wildman–Crippen LogP) is 2.84. The van der Waals surface area contributed by atoms with Crippen molar-refractivity contribution in [2.45, 2.75) is 13.0 Å². The first kappa shape index (κ1) is 12.5. The lowest BCUT2D eigenvalue weighted by Gasteiger charge is -2.09. The third kappa shape index (κ3) is 2.59. The number of carbonyl (C=O) groups excluding carboxylic acids is 1. The summed E-state index contributed by atoms with van der Waals surface area (Å²) in [6.45, 7) is 0.760. The Morgan fingerprint density at radius 1 is 1.15 bits per heavy atom. The van der Waals surface area contributed by atoms with Crippen molar-refractivity contribution in [2.75, 3.05) is 23.0 Å². The molecule has 0 atom stereocenters. The van der Waals surface area contributed by atoms with Crippen LogP contribution in [0.5, 0.6) is 0 Å². The minimum Gasteiger partial charge on any atom is -0.388 e. The summed E-state index contributed by atoms with van der Waals surface area (Å²) in [7, 11) is 1.91. The summed E-state index contributed by atoms with van der Waals surface area (Å²) in [6, 6.07) is 14.3. The zero-order valence-corrected chi connectivity index (χ0v) is 11.4. The smallest absolute Gasteiger partial charge is 0.228 e. The number of benzene rings is 2. The Hall–Kier alpha value is -2.49. The molecule has 0 saturated heterocycles. The van der Waals surface area contributed by atoms with Gasteiger partial charge in [-0.05, 0) is 41.5 Å². The van der Waals surface area contributed by atoms with Crippen LogP contribution in [0.4, 0.5) is 17.1 Å². The van der Waals surface area contributed by atoms with Gasteiger partial charge in [0.2, 0.25) is 5.91 Å².